The smallest absolute Gasteiger partial charge is 0.315 e. The lowest BCUT2D eigenvalue weighted by atomic mass is 10.1. The van der Waals surface area contributed by atoms with E-state index in [0.717, 1.165) is 47.3 Å². The van der Waals surface area contributed by atoms with Crippen molar-refractivity contribution >= 4 is 17.4 Å². The highest BCUT2D eigenvalue weighted by atomic mass is 32.1. The van der Waals surface area contributed by atoms with Gasteiger partial charge in [-0.1, -0.05) is 6.92 Å². The second kappa shape index (κ2) is 6.66. The van der Waals surface area contributed by atoms with E-state index in [-0.39, 0.29) is 18.1 Å². The van der Waals surface area contributed by atoms with Gasteiger partial charge in [-0.2, -0.15) is 5.10 Å². The van der Waals surface area contributed by atoms with Gasteiger partial charge in [-0.3, -0.25) is 0 Å². The molecule has 0 saturated carbocycles. The predicted octanol–water partition coefficient (Wildman–Crippen LogP) is 2.64. The van der Waals surface area contributed by atoms with E-state index in [2.05, 4.69) is 25.7 Å². The van der Waals surface area contributed by atoms with Crippen LogP contribution in [0.3, 0.4) is 0 Å². The Labute approximate surface area is 139 Å². The average Bonchev–Trinajstić information content (AvgIpc) is 3.10. The van der Waals surface area contributed by atoms with Crippen LogP contribution in [0.5, 0.6) is 0 Å². The molecule has 3 rings (SSSR count). The van der Waals surface area contributed by atoms with Crippen LogP contribution in [0.4, 0.5) is 4.79 Å². The molecule has 3 heterocycles. The standard InChI is InChI=1S/C15H22N6OS/c1-4-11(14-16-8-9(2)23-14)18-15(22)19-12-6-5-7-21-13(12)17-10(3)20-21/h8,11-12H,4-7H2,1-3H3,(H2,18,19,22). The molecular weight excluding hydrogens is 312 g/mol. The number of thiazole rings is 1. The molecule has 0 spiro atoms. The fraction of sp³-hybridized carbons (Fsp3) is 0.600. The second-order valence-corrected chi connectivity index (χ2v) is 7.09. The molecule has 1 aliphatic rings. The maximum atomic E-state index is 12.4. The Kier molecular flexibility index (Phi) is 4.61. The largest absolute Gasteiger partial charge is 0.329 e. The summed E-state index contributed by atoms with van der Waals surface area (Å²) in [6, 6.07) is -0.318. The number of carbonyl (C=O) groups is 1. The molecule has 1 aliphatic heterocycles. The van der Waals surface area contributed by atoms with Crippen LogP contribution in [0.25, 0.3) is 0 Å². The first-order valence-electron chi connectivity index (χ1n) is 7.97. The Hall–Kier alpha value is -1.96. The van der Waals surface area contributed by atoms with Crippen LogP contribution in [-0.4, -0.2) is 25.8 Å². The van der Waals surface area contributed by atoms with E-state index in [1.165, 1.54) is 0 Å². The second-order valence-electron chi connectivity index (χ2n) is 5.82. The fourth-order valence-corrected chi connectivity index (χ4v) is 3.74. The molecule has 7 nitrogen and oxygen atoms in total. The van der Waals surface area contributed by atoms with Gasteiger partial charge in [0.25, 0.3) is 0 Å². The summed E-state index contributed by atoms with van der Waals surface area (Å²) in [5, 5.41) is 11.4. The van der Waals surface area contributed by atoms with Crippen LogP contribution >= 0.6 is 11.3 Å². The summed E-state index contributed by atoms with van der Waals surface area (Å²) in [5.74, 6) is 1.60. The summed E-state index contributed by atoms with van der Waals surface area (Å²) in [4.78, 5) is 22.3. The molecule has 2 N–H and O–H groups in total. The maximum absolute atomic E-state index is 12.4. The van der Waals surface area contributed by atoms with Gasteiger partial charge < -0.3 is 10.6 Å². The van der Waals surface area contributed by atoms with Crippen LogP contribution in [0.2, 0.25) is 0 Å². The highest BCUT2D eigenvalue weighted by molar-refractivity contribution is 7.11. The van der Waals surface area contributed by atoms with E-state index in [1.807, 2.05) is 31.6 Å². The summed E-state index contributed by atoms with van der Waals surface area (Å²) < 4.78 is 1.89. The van der Waals surface area contributed by atoms with Crippen molar-refractivity contribution in [2.75, 3.05) is 0 Å². The van der Waals surface area contributed by atoms with Gasteiger partial charge in [0.15, 0.2) is 0 Å². The van der Waals surface area contributed by atoms with E-state index >= 15 is 0 Å². The van der Waals surface area contributed by atoms with Crippen LogP contribution in [0, 0.1) is 13.8 Å². The minimum Gasteiger partial charge on any atom is -0.329 e. The van der Waals surface area contributed by atoms with Crippen molar-refractivity contribution in [1.29, 1.82) is 0 Å². The summed E-state index contributed by atoms with van der Waals surface area (Å²) in [6.07, 6.45) is 4.53. The van der Waals surface area contributed by atoms with E-state index in [4.69, 9.17) is 0 Å². The van der Waals surface area contributed by atoms with Gasteiger partial charge in [0.2, 0.25) is 0 Å². The van der Waals surface area contributed by atoms with E-state index in [9.17, 15) is 4.79 Å². The summed E-state index contributed by atoms with van der Waals surface area (Å²) >= 11 is 1.62. The van der Waals surface area contributed by atoms with E-state index < -0.39 is 0 Å². The third-order valence-corrected chi connectivity index (χ3v) is 4.96. The molecule has 2 amide bonds. The molecule has 0 saturated heterocycles. The Morgan fingerprint density at radius 3 is 3.04 bits per heavy atom. The number of nitrogens with zero attached hydrogens (tertiary/aromatic N) is 4. The summed E-state index contributed by atoms with van der Waals surface area (Å²) in [5.41, 5.74) is 0. The number of urea groups is 1. The van der Waals surface area contributed by atoms with Gasteiger partial charge in [-0.05, 0) is 33.1 Å². The molecular formula is C15H22N6OS. The molecule has 0 aromatic carbocycles. The Morgan fingerprint density at radius 1 is 1.52 bits per heavy atom. The summed E-state index contributed by atoms with van der Waals surface area (Å²) in [7, 11) is 0. The highest BCUT2D eigenvalue weighted by Crippen LogP contribution is 2.24. The van der Waals surface area contributed by atoms with Gasteiger partial charge in [0, 0.05) is 17.6 Å². The van der Waals surface area contributed by atoms with Gasteiger partial charge in [-0.25, -0.2) is 19.4 Å². The first kappa shape index (κ1) is 15.9. The van der Waals surface area contributed by atoms with Crippen molar-refractivity contribution in [1.82, 2.24) is 30.4 Å². The predicted molar refractivity (Wildman–Crippen MR) is 88.3 cm³/mol. The molecule has 23 heavy (non-hydrogen) atoms. The number of fused-ring (bicyclic) bond motifs is 1. The van der Waals surface area contributed by atoms with Crippen molar-refractivity contribution in [3.05, 3.63) is 27.7 Å². The number of hydrogen-bond donors (Lipinski definition) is 2. The van der Waals surface area contributed by atoms with Crippen LogP contribution in [0.15, 0.2) is 6.20 Å². The molecule has 8 heteroatoms. The first-order chi connectivity index (χ1) is 11.1. The fourth-order valence-electron chi connectivity index (χ4n) is 2.83. The van der Waals surface area contributed by atoms with Crippen LogP contribution in [-0.2, 0) is 6.54 Å². The van der Waals surface area contributed by atoms with Crippen molar-refractivity contribution in [2.45, 2.75) is 58.7 Å². The maximum Gasteiger partial charge on any atom is 0.315 e. The molecule has 2 unspecified atom stereocenters. The molecule has 2 aromatic heterocycles. The Bertz CT molecular complexity index is 694. The van der Waals surface area contributed by atoms with Crippen molar-refractivity contribution in [2.24, 2.45) is 0 Å². The molecule has 2 atom stereocenters. The number of amides is 2. The number of rotatable bonds is 4. The molecule has 0 bridgehead atoms. The van der Waals surface area contributed by atoms with Gasteiger partial charge in [-0.15, -0.1) is 11.3 Å². The lowest BCUT2D eigenvalue weighted by molar-refractivity contribution is 0.228. The quantitative estimate of drug-likeness (QED) is 0.900. The van der Waals surface area contributed by atoms with Gasteiger partial charge >= 0.3 is 6.03 Å². The molecule has 0 aliphatic carbocycles. The lowest BCUT2D eigenvalue weighted by Gasteiger charge is -2.24. The lowest BCUT2D eigenvalue weighted by Crippen LogP contribution is -2.41. The topological polar surface area (TPSA) is 84.7 Å². The number of carbonyl (C=O) groups excluding carboxylic acids is 1. The van der Waals surface area contributed by atoms with Gasteiger partial charge in [0.05, 0.1) is 12.1 Å². The third kappa shape index (κ3) is 3.52. The minimum absolute atomic E-state index is 0.0584. The zero-order valence-corrected chi connectivity index (χ0v) is 14.5. The first-order valence-corrected chi connectivity index (χ1v) is 8.79. The SMILES string of the molecule is CCC(NC(=O)NC1CCCn2nc(C)nc21)c1ncc(C)s1. The number of hydrogen-bond acceptors (Lipinski definition) is 5. The summed E-state index contributed by atoms with van der Waals surface area (Å²) in [6.45, 7) is 6.81. The van der Waals surface area contributed by atoms with Gasteiger partial charge in [0.1, 0.15) is 16.7 Å². The van der Waals surface area contributed by atoms with E-state index in [1.54, 1.807) is 11.3 Å². The normalized spacial score (nSPS) is 18.3. The highest BCUT2D eigenvalue weighted by Gasteiger charge is 2.26. The monoisotopic (exact) mass is 334 g/mol. The molecule has 0 fully saturated rings. The van der Waals surface area contributed by atoms with Crippen molar-refractivity contribution < 1.29 is 4.79 Å². The number of aromatic nitrogens is 4. The molecule has 0 radical (unpaired) electrons. The van der Waals surface area contributed by atoms with Crippen LogP contribution < -0.4 is 10.6 Å². The van der Waals surface area contributed by atoms with Crippen LogP contribution in [0.1, 0.15) is 59.8 Å². The van der Waals surface area contributed by atoms with Crippen molar-refractivity contribution in [3.63, 3.8) is 0 Å². The molecule has 2 aromatic rings. The zero-order chi connectivity index (χ0) is 16.4. The van der Waals surface area contributed by atoms with Crippen molar-refractivity contribution in [3.8, 4) is 0 Å². The average molecular weight is 334 g/mol. The Balaban J connectivity index is 1.65. The number of aryl methyl sites for hydroxylation is 3. The zero-order valence-electron chi connectivity index (χ0n) is 13.7. The molecule has 124 valence electrons. The third-order valence-electron chi connectivity index (χ3n) is 3.94. The van der Waals surface area contributed by atoms with E-state index in [0.29, 0.717) is 0 Å². The number of nitrogens with one attached hydrogen (secondary N) is 2. The Morgan fingerprint density at radius 2 is 2.35 bits per heavy atom. The minimum atomic E-state index is -0.177.